The van der Waals surface area contributed by atoms with E-state index in [1.165, 1.54) is 44.2 Å². The Balaban J connectivity index is 1.87. The first-order valence-corrected chi connectivity index (χ1v) is 12.2. The number of hydrogen-bond donors (Lipinski definition) is 4. The quantitative estimate of drug-likeness (QED) is 0.316. The maximum absolute atomic E-state index is 10.8. The monoisotopic (exact) mass is 421 g/mol. The molecule has 0 fully saturated rings. The molecule has 2 atom stereocenters. The van der Waals surface area contributed by atoms with E-state index < -0.39 is 0 Å². The highest BCUT2D eigenvalue weighted by atomic mass is 32.2. The van der Waals surface area contributed by atoms with Crippen LogP contribution in [0.5, 0.6) is 0 Å². The molecule has 0 spiro atoms. The van der Waals surface area contributed by atoms with Gasteiger partial charge in [-0.25, -0.2) is 9.97 Å². The van der Waals surface area contributed by atoms with Crippen LogP contribution in [0.4, 0.5) is 5.82 Å². The first-order chi connectivity index (χ1) is 14.0. The molecule has 2 aromatic rings. The van der Waals surface area contributed by atoms with Gasteiger partial charge in [-0.1, -0.05) is 52.9 Å². The summed E-state index contributed by atoms with van der Waals surface area (Å²) >= 11 is 1.98. The molecule has 164 valence electrons. The average Bonchev–Trinajstić information content (AvgIpc) is 3.12. The lowest BCUT2D eigenvalue weighted by atomic mass is 9.84. The molecule has 0 aliphatic heterocycles. The minimum Gasteiger partial charge on any atom is -0.392 e. The molecule has 29 heavy (non-hydrogen) atoms. The zero-order valence-corrected chi connectivity index (χ0v) is 19.2. The minimum absolute atomic E-state index is 0.149. The number of anilines is 1. The highest BCUT2D eigenvalue weighted by Crippen LogP contribution is 2.30. The topological polar surface area (TPSA) is 99.9 Å². The van der Waals surface area contributed by atoms with Gasteiger partial charge in [0.1, 0.15) is 11.8 Å². The third-order valence-corrected chi connectivity index (χ3v) is 7.05. The van der Waals surface area contributed by atoms with E-state index in [2.05, 4.69) is 41.0 Å². The van der Waals surface area contributed by atoms with Crippen LogP contribution >= 0.6 is 11.8 Å². The van der Waals surface area contributed by atoms with Crippen LogP contribution in [-0.4, -0.2) is 44.2 Å². The number of H-pyrrole nitrogens is 1. The number of hydrogen-bond acceptors (Lipinski definition) is 6. The third kappa shape index (κ3) is 7.15. The zero-order chi connectivity index (χ0) is 21.1. The normalized spacial score (nSPS) is 14.9. The molecule has 6 nitrogen and oxygen atoms in total. The number of aliphatic hydroxyl groups excluding tert-OH is 1. The average molecular weight is 422 g/mol. The fourth-order valence-corrected chi connectivity index (χ4v) is 4.94. The lowest BCUT2D eigenvalue weighted by Crippen LogP contribution is -2.43. The molecule has 0 saturated heterocycles. The van der Waals surface area contributed by atoms with Gasteiger partial charge in [-0.05, 0) is 18.6 Å². The second-order valence-electron chi connectivity index (χ2n) is 8.33. The number of aliphatic hydroxyl groups is 1. The Hall–Kier alpha value is -1.31. The number of nitrogens with two attached hydrogens (primary N) is 1. The van der Waals surface area contributed by atoms with Crippen LogP contribution < -0.4 is 11.1 Å². The number of fused-ring (bicyclic) bond motifs is 1. The van der Waals surface area contributed by atoms with E-state index in [1.807, 2.05) is 18.0 Å². The number of nitrogens with zero attached hydrogens (tertiary/aromatic N) is 2. The molecule has 0 bridgehead atoms. The molecule has 0 aromatic carbocycles. The Morgan fingerprint density at radius 2 is 2.00 bits per heavy atom. The van der Waals surface area contributed by atoms with E-state index in [1.54, 1.807) is 0 Å². The standard InChI is InChI=1S/C22H39N5OS/c1-4-6-7-8-9-11-29-15-22(3,18(28)10-5-2)14-24-12-17-13-25-20-19(17)26-16-27-21(20)23/h13,16,18,24-25,28H,4-12,14-15H2,1-3H3,(H2,23,26,27). The van der Waals surface area contributed by atoms with Crippen molar-refractivity contribution in [1.29, 1.82) is 0 Å². The number of thioether (sulfide) groups is 1. The van der Waals surface area contributed by atoms with Gasteiger partial charge in [-0.15, -0.1) is 0 Å². The maximum Gasteiger partial charge on any atom is 0.151 e. The summed E-state index contributed by atoms with van der Waals surface area (Å²) < 4.78 is 0. The van der Waals surface area contributed by atoms with Crippen LogP contribution in [0.2, 0.25) is 0 Å². The summed E-state index contributed by atoms with van der Waals surface area (Å²) in [5, 5.41) is 14.4. The fourth-order valence-electron chi connectivity index (χ4n) is 3.63. The molecule has 0 amide bonds. The Bertz CT molecular complexity index is 722. The van der Waals surface area contributed by atoms with Crippen molar-refractivity contribution < 1.29 is 5.11 Å². The molecule has 0 saturated carbocycles. The molecule has 0 radical (unpaired) electrons. The van der Waals surface area contributed by atoms with Gasteiger partial charge >= 0.3 is 0 Å². The summed E-state index contributed by atoms with van der Waals surface area (Å²) in [4.78, 5) is 11.6. The Morgan fingerprint density at radius 3 is 2.76 bits per heavy atom. The van der Waals surface area contributed by atoms with Gasteiger partial charge in [0.05, 0.1) is 11.6 Å². The summed E-state index contributed by atoms with van der Waals surface area (Å²) in [6, 6.07) is 0. The number of aromatic amines is 1. The second-order valence-corrected chi connectivity index (χ2v) is 9.43. The maximum atomic E-state index is 10.8. The van der Waals surface area contributed by atoms with Crippen LogP contribution in [0.1, 0.15) is 71.3 Å². The van der Waals surface area contributed by atoms with Gasteiger partial charge < -0.3 is 21.1 Å². The summed E-state index contributed by atoms with van der Waals surface area (Å²) in [5.74, 6) is 2.62. The number of nitrogen functional groups attached to an aromatic ring is 1. The Kier molecular flexibility index (Phi) is 10.2. The largest absolute Gasteiger partial charge is 0.392 e. The van der Waals surface area contributed by atoms with Crippen molar-refractivity contribution >= 4 is 28.6 Å². The van der Waals surface area contributed by atoms with Crippen LogP contribution in [0.25, 0.3) is 11.0 Å². The number of rotatable bonds is 15. The highest BCUT2D eigenvalue weighted by molar-refractivity contribution is 7.99. The van der Waals surface area contributed by atoms with Gasteiger partial charge in [0.2, 0.25) is 0 Å². The number of nitrogens with one attached hydrogen (secondary N) is 2. The van der Waals surface area contributed by atoms with Gasteiger partial charge in [-0.2, -0.15) is 11.8 Å². The van der Waals surface area contributed by atoms with Crippen molar-refractivity contribution in [2.24, 2.45) is 5.41 Å². The SMILES string of the molecule is CCCCCCCSCC(C)(CNCc1c[nH]c2c(N)ncnc12)C(O)CCC. The summed E-state index contributed by atoms with van der Waals surface area (Å²) in [6.07, 6.45) is 11.5. The first-order valence-electron chi connectivity index (χ1n) is 11.0. The smallest absolute Gasteiger partial charge is 0.151 e. The van der Waals surface area contributed by atoms with Crippen molar-refractivity contribution in [2.75, 3.05) is 23.8 Å². The highest BCUT2D eigenvalue weighted by Gasteiger charge is 2.32. The van der Waals surface area contributed by atoms with E-state index in [4.69, 9.17) is 5.73 Å². The van der Waals surface area contributed by atoms with Crippen molar-refractivity contribution in [2.45, 2.75) is 78.4 Å². The van der Waals surface area contributed by atoms with Gasteiger partial charge in [0, 0.05) is 36.0 Å². The molecular weight excluding hydrogens is 382 g/mol. The molecule has 7 heteroatoms. The predicted molar refractivity (Wildman–Crippen MR) is 125 cm³/mol. The minimum atomic E-state index is -0.298. The van der Waals surface area contributed by atoms with Crippen molar-refractivity contribution in [3.05, 3.63) is 18.1 Å². The number of aromatic nitrogens is 3. The van der Waals surface area contributed by atoms with Gasteiger partial charge in [0.15, 0.2) is 5.82 Å². The van der Waals surface area contributed by atoms with E-state index >= 15 is 0 Å². The Labute approximate surface area is 179 Å². The zero-order valence-electron chi connectivity index (χ0n) is 18.3. The van der Waals surface area contributed by atoms with Crippen LogP contribution in [-0.2, 0) is 6.54 Å². The van der Waals surface area contributed by atoms with Crippen LogP contribution in [0.15, 0.2) is 12.5 Å². The summed E-state index contributed by atoms with van der Waals surface area (Å²) in [5.41, 5.74) is 8.49. The van der Waals surface area contributed by atoms with Gasteiger partial charge in [0.25, 0.3) is 0 Å². The van der Waals surface area contributed by atoms with Gasteiger partial charge in [-0.3, -0.25) is 0 Å². The van der Waals surface area contributed by atoms with E-state index in [9.17, 15) is 5.11 Å². The molecule has 2 aromatic heterocycles. The van der Waals surface area contributed by atoms with Crippen molar-refractivity contribution in [1.82, 2.24) is 20.3 Å². The van der Waals surface area contributed by atoms with Crippen LogP contribution in [0.3, 0.4) is 0 Å². The molecular formula is C22H39N5OS. The van der Waals surface area contributed by atoms with E-state index in [-0.39, 0.29) is 11.5 Å². The van der Waals surface area contributed by atoms with E-state index in [0.29, 0.717) is 12.4 Å². The lowest BCUT2D eigenvalue weighted by molar-refractivity contribution is 0.0456. The second kappa shape index (κ2) is 12.4. The van der Waals surface area contributed by atoms with Crippen LogP contribution in [0, 0.1) is 5.41 Å². The molecule has 5 N–H and O–H groups in total. The molecule has 2 unspecified atom stereocenters. The molecule has 2 rings (SSSR count). The predicted octanol–water partition coefficient (Wildman–Crippen LogP) is 4.50. The van der Waals surface area contributed by atoms with E-state index in [0.717, 1.165) is 41.7 Å². The third-order valence-electron chi connectivity index (χ3n) is 5.61. The fraction of sp³-hybridized carbons (Fsp3) is 0.727. The van der Waals surface area contributed by atoms with Crippen molar-refractivity contribution in [3.8, 4) is 0 Å². The molecule has 2 heterocycles. The molecule has 0 aliphatic rings. The van der Waals surface area contributed by atoms with Crippen molar-refractivity contribution in [3.63, 3.8) is 0 Å². The summed E-state index contributed by atoms with van der Waals surface area (Å²) in [7, 11) is 0. The lowest BCUT2D eigenvalue weighted by Gasteiger charge is -2.35. The molecule has 0 aliphatic carbocycles. The first kappa shape index (κ1) is 24.0. The Morgan fingerprint density at radius 1 is 1.21 bits per heavy atom. The summed E-state index contributed by atoms with van der Waals surface area (Å²) in [6.45, 7) is 8.05. The number of unbranched alkanes of at least 4 members (excludes halogenated alkanes) is 4.